The molecular formula is C25H24N4O2. The van der Waals surface area contributed by atoms with Crippen LogP contribution < -0.4 is 20.1 Å². The molecule has 0 amide bonds. The fraction of sp³-hybridized carbons (Fsp3) is 0.200. The van der Waals surface area contributed by atoms with Crippen LogP contribution in [-0.4, -0.2) is 36.1 Å². The minimum atomic E-state index is -0.125. The van der Waals surface area contributed by atoms with Crippen LogP contribution in [-0.2, 0) is 6.61 Å². The largest absolute Gasteiger partial charge is 0.489 e. The zero-order chi connectivity index (χ0) is 21.0. The Bertz CT molecular complexity index is 1220. The molecule has 0 spiro atoms. The van der Waals surface area contributed by atoms with Crippen LogP contribution in [0.15, 0.2) is 83.7 Å². The van der Waals surface area contributed by atoms with Gasteiger partial charge in [0.25, 0.3) is 5.56 Å². The topological polar surface area (TPSA) is 61.5 Å². The first kappa shape index (κ1) is 19.2. The number of nitrogens with zero attached hydrogens (tertiary/aromatic N) is 3. The highest BCUT2D eigenvalue weighted by Gasteiger charge is 2.19. The number of fused-ring (bicyclic) bond motifs is 1. The molecule has 5 rings (SSSR count). The first-order valence-electron chi connectivity index (χ1n) is 10.5. The second-order valence-electron chi connectivity index (χ2n) is 7.65. The van der Waals surface area contributed by atoms with Gasteiger partial charge in [0.05, 0.1) is 10.9 Å². The van der Waals surface area contributed by atoms with Crippen molar-refractivity contribution in [2.45, 2.75) is 6.61 Å². The predicted molar refractivity (Wildman–Crippen MR) is 124 cm³/mol. The lowest BCUT2D eigenvalue weighted by Crippen LogP contribution is -2.47. The fourth-order valence-electron chi connectivity index (χ4n) is 3.90. The Labute approximate surface area is 180 Å². The van der Waals surface area contributed by atoms with Gasteiger partial charge in [0, 0.05) is 37.9 Å². The van der Waals surface area contributed by atoms with E-state index in [1.165, 1.54) is 5.69 Å². The smallest absolute Gasteiger partial charge is 0.260 e. The van der Waals surface area contributed by atoms with Gasteiger partial charge in [-0.3, -0.25) is 9.78 Å². The number of hydrogen-bond acceptors (Lipinski definition) is 5. The van der Waals surface area contributed by atoms with Crippen LogP contribution in [0, 0.1) is 0 Å². The molecule has 0 aliphatic carbocycles. The zero-order valence-corrected chi connectivity index (χ0v) is 17.2. The molecule has 2 heterocycles. The summed E-state index contributed by atoms with van der Waals surface area (Å²) >= 11 is 0. The lowest BCUT2D eigenvalue weighted by molar-refractivity contribution is 0.306. The van der Waals surface area contributed by atoms with E-state index in [4.69, 9.17) is 9.72 Å². The van der Waals surface area contributed by atoms with E-state index in [9.17, 15) is 4.79 Å². The summed E-state index contributed by atoms with van der Waals surface area (Å²) in [6, 6.07) is 25.9. The molecule has 1 aromatic heterocycles. The minimum Gasteiger partial charge on any atom is -0.489 e. The highest BCUT2D eigenvalue weighted by Crippen LogP contribution is 2.21. The molecule has 0 saturated carbocycles. The summed E-state index contributed by atoms with van der Waals surface area (Å²) in [6.45, 7) is 3.84. The Morgan fingerprint density at radius 2 is 1.52 bits per heavy atom. The molecule has 1 aliphatic heterocycles. The zero-order valence-electron chi connectivity index (χ0n) is 17.2. The van der Waals surface area contributed by atoms with Gasteiger partial charge in [0.15, 0.2) is 0 Å². The molecule has 1 N–H and O–H groups in total. The van der Waals surface area contributed by atoms with E-state index in [-0.39, 0.29) is 5.56 Å². The number of aromatic nitrogens is 2. The highest BCUT2D eigenvalue weighted by molar-refractivity contribution is 5.80. The SMILES string of the molecule is O=c1[nH]c(N2CCN(c3ccccc3)CC2)nc2cc(OCc3ccccc3)ccc12. The van der Waals surface area contributed by atoms with Gasteiger partial charge >= 0.3 is 0 Å². The summed E-state index contributed by atoms with van der Waals surface area (Å²) in [4.78, 5) is 24.8. The number of hydrogen-bond donors (Lipinski definition) is 1. The maximum Gasteiger partial charge on any atom is 0.260 e. The number of H-pyrrole nitrogens is 1. The molecule has 0 radical (unpaired) electrons. The van der Waals surface area contributed by atoms with Crippen LogP contribution in [0.4, 0.5) is 11.6 Å². The van der Waals surface area contributed by atoms with Gasteiger partial charge in [0.2, 0.25) is 5.95 Å². The third-order valence-electron chi connectivity index (χ3n) is 5.61. The van der Waals surface area contributed by atoms with Crippen molar-refractivity contribution in [3.63, 3.8) is 0 Å². The number of rotatable bonds is 5. The molecule has 0 bridgehead atoms. The van der Waals surface area contributed by atoms with Crippen molar-refractivity contribution >= 4 is 22.5 Å². The van der Waals surface area contributed by atoms with Gasteiger partial charge in [-0.25, -0.2) is 4.98 Å². The first-order chi connectivity index (χ1) is 15.3. The summed E-state index contributed by atoms with van der Waals surface area (Å²) in [5.74, 6) is 1.32. The van der Waals surface area contributed by atoms with Crippen molar-refractivity contribution in [3.8, 4) is 5.75 Å². The molecule has 156 valence electrons. The fourth-order valence-corrected chi connectivity index (χ4v) is 3.90. The Balaban J connectivity index is 1.33. The van der Waals surface area contributed by atoms with Crippen molar-refractivity contribution < 1.29 is 4.74 Å². The average molecular weight is 412 g/mol. The van der Waals surface area contributed by atoms with Crippen molar-refractivity contribution in [1.82, 2.24) is 9.97 Å². The molecule has 4 aromatic rings. The van der Waals surface area contributed by atoms with E-state index in [0.717, 1.165) is 31.7 Å². The number of para-hydroxylation sites is 1. The molecule has 1 aliphatic rings. The number of anilines is 2. The van der Waals surface area contributed by atoms with E-state index < -0.39 is 0 Å². The lowest BCUT2D eigenvalue weighted by Gasteiger charge is -2.36. The Morgan fingerprint density at radius 3 is 2.26 bits per heavy atom. The molecule has 6 heteroatoms. The Hall–Kier alpha value is -3.80. The van der Waals surface area contributed by atoms with E-state index in [1.807, 2.05) is 48.5 Å². The molecule has 3 aromatic carbocycles. The van der Waals surface area contributed by atoms with Gasteiger partial charge in [-0.05, 0) is 29.8 Å². The summed E-state index contributed by atoms with van der Waals surface area (Å²) in [5.41, 5.74) is 2.84. The number of benzene rings is 3. The number of nitrogens with one attached hydrogen (secondary N) is 1. The highest BCUT2D eigenvalue weighted by atomic mass is 16.5. The maximum atomic E-state index is 12.6. The average Bonchev–Trinajstić information content (AvgIpc) is 2.84. The minimum absolute atomic E-state index is 0.125. The standard InChI is InChI=1S/C25H24N4O2/c30-24-22-12-11-21(31-18-19-7-3-1-4-8-19)17-23(22)26-25(27-24)29-15-13-28(14-16-29)20-9-5-2-6-10-20/h1-12,17H,13-16,18H2,(H,26,27,30). The molecule has 31 heavy (non-hydrogen) atoms. The normalized spacial score (nSPS) is 14.1. The lowest BCUT2D eigenvalue weighted by atomic mass is 10.2. The van der Waals surface area contributed by atoms with Gasteiger partial charge in [-0.2, -0.15) is 0 Å². The molecule has 1 fully saturated rings. The summed E-state index contributed by atoms with van der Waals surface area (Å²) in [6.07, 6.45) is 0. The monoisotopic (exact) mass is 412 g/mol. The number of aromatic amines is 1. The van der Waals surface area contributed by atoms with E-state index in [0.29, 0.717) is 29.2 Å². The Kier molecular flexibility index (Phi) is 5.27. The van der Waals surface area contributed by atoms with E-state index in [1.54, 1.807) is 6.07 Å². The predicted octanol–water partition coefficient (Wildman–Crippen LogP) is 3.83. The molecule has 6 nitrogen and oxygen atoms in total. The van der Waals surface area contributed by atoms with Crippen molar-refractivity contribution in [2.24, 2.45) is 0 Å². The first-order valence-corrected chi connectivity index (χ1v) is 10.5. The quantitative estimate of drug-likeness (QED) is 0.540. The van der Waals surface area contributed by atoms with Gasteiger partial charge in [0.1, 0.15) is 12.4 Å². The van der Waals surface area contributed by atoms with Crippen LogP contribution in [0.1, 0.15) is 5.56 Å². The van der Waals surface area contributed by atoms with Gasteiger partial charge in [-0.15, -0.1) is 0 Å². The van der Waals surface area contributed by atoms with Crippen LogP contribution in [0.2, 0.25) is 0 Å². The van der Waals surface area contributed by atoms with Crippen LogP contribution in [0.25, 0.3) is 10.9 Å². The summed E-state index contributed by atoms with van der Waals surface area (Å²) < 4.78 is 5.92. The Morgan fingerprint density at radius 1 is 0.839 bits per heavy atom. The number of ether oxygens (including phenoxy) is 1. The summed E-state index contributed by atoms with van der Waals surface area (Å²) in [7, 11) is 0. The van der Waals surface area contributed by atoms with E-state index in [2.05, 4.69) is 39.0 Å². The second-order valence-corrected chi connectivity index (χ2v) is 7.65. The van der Waals surface area contributed by atoms with Gasteiger partial charge < -0.3 is 14.5 Å². The third kappa shape index (κ3) is 4.23. The molecule has 1 saturated heterocycles. The number of piperazine rings is 1. The van der Waals surface area contributed by atoms with Crippen molar-refractivity contribution in [1.29, 1.82) is 0 Å². The third-order valence-corrected chi connectivity index (χ3v) is 5.61. The molecule has 0 unspecified atom stereocenters. The summed E-state index contributed by atoms with van der Waals surface area (Å²) in [5, 5.41) is 0.568. The molecule has 0 atom stereocenters. The van der Waals surface area contributed by atoms with Crippen LogP contribution in [0.3, 0.4) is 0 Å². The van der Waals surface area contributed by atoms with Crippen molar-refractivity contribution in [3.05, 3.63) is 94.8 Å². The van der Waals surface area contributed by atoms with Gasteiger partial charge in [-0.1, -0.05) is 48.5 Å². The van der Waals surface area contributed by atoms with Crippen LogP contribution in [0.5, 0.6) is 5.75 Å². The van der Waals surface area contributed by atoms with Crippen LogP contribution >= 0.6 is 0 Å². The second kappa shape index (κ2) is 8.52. The molecular weight excluding hydrogens is 388 g/mol. The maximum absolute atomic E-state index is 12.6. The van der Waals surface area contributed by atoms with E-state index >= 15 is 0 Å². The van der Waals surface area contributed by atoms with Crippen molar-refractivity contribution in [2.75, 3.05) is 36.0 Å².